The van der Waals surface area contributed by atoms with Gasteiger partial charge in [-0.3, -0.25) is 4.79 Å². The molecule has 3 rings (SSSR count). The summed E-state index contributed by atoms with van der Waals surface area (Å²) in [6.45, 7) is 5.27. The highest BCUT2D eigenvalue weighted by molar-refractivity contribution is 6.30. The molecule has 0 N–H and O–H groups in total. The number of ether oxygens (including phenoxy) is 1. The van der Waals surface area contributed by atoms with E-state index < -0.39 is 29.7 Å². The standard InChI is InChI=1S/C24H23ClF3NO3/c1-14(2)32-23(31)22-15(3)29(13-16-5-4-6-19(25)11-16)21(30)12-20(22)17-7-9-18(10-8-17)24(26,27)28/h4-11,14,20H,12-13H2,1-3H3. The summed E-state index contributed by atoms with van der Waals surface area (Å²) in [6.07, 6.45) is -4.93. The average Bonchev–Trinajstić information content (AvgIpc) is 2.69. The molecule has 1 atom stereocenters. The minimum Gasteiger partial charge on any atom is -0.460 e. The zero-order valence-electron chi connectivity index (χ0n) is 17.9. The molecule has 2 aromatic rings. The molecule has 0 bridgehead atoms. The van der Waals surface area contributed by atoms with E-state index in [2.05, 4.69) is 0 Å². The Labute approximate surface area is 189 Å². The molecule has 0 spiro atoms. The van der Waals surface area contributed by atoms with Crippen LogP contribution in [-0.4, -0.2) is 22.9 Å². The Kier molecular flexibility index (Phi) is 6.98. The quantitative estimate of drug-likeness (QED) is 0.501. The smallest absolute Gasteiger partial charge is 0.416 e. The summed E-state index contributed by atoms with van der Waals surface area (Å²) in [7, 11) is 0. The van der Waals surface area contributed by atoms with Crippen molar-refractivity contribution in [1.29, 1.82) is 0 Å². The summed E-state index contributed by atoms with van der Waals surface area (Å²) in [5.74, 6) is -1.54. The van der Waals surface area contributed by atoms with Crippen LogP contribution in [0.5, 0.6) is 0 Å². The van der Waals surface area contributed by atoms with Crippen molar-refractivity contribution in [1.82, 2.24) is 4.90 Å². The van der Waals surface area contributed by atoms with E-state index in [1.54, 1.807) is 39.0 Å². The van der Waals surface area contributed by atoms with Crippen LogP contribution in [0.2, 0.25) is 5.02 Å². The molecule has 32 heavy (non-hydrogen) atoms. The number of hydrogen-bond donors (Lipinski definition) is 0. The molecular weight excluding hydrogens is 443 g/mol. The summed E-state index contributed by atoms with van der Waals surface area (Å²) in [6, 6.07) is 11.6. The Morgan fingerprint density at radius 2 is 1.84 bits per heavy atom. The van der Waals surface area contributed by atoms with Gasteiger partial charge < -0.3 is 9.64 Å². The van der Waals surface area contributed by atoms with E-state index in [1.807, 2.05) is 6.07 Å². The van der Waals surface area contributed by atoms with Crippen LogP contribution in [0.3, 0.4) is 0 Å². The summed E-state index contributed by atoms with van der Waals surface area (Å²) in [5, 5.41) is 0.524. The van der Waals surface area contributed by atoms with Crippen LogP contribution in [-0.2, 0) is 27.0 Å². The summed E-state index contributed by atoms with van der Waals surface area (Å²) >= 11 is 6.05. The third-order valence-corrected chi connectivity index (χ3v) is 5.49. The molecule has 4 nitrogen and oxygen atoms in total. The lowest BCUT2D eigenvalue weighted by Gasteiger charge is -2.35. The number of rotatable bonds is 5. The Hall–Kier alpha value is -2.80. The van der Waals surface area contributed by atoms with Gasteiger partial charge in [-0.2, -0.15) is 13.2 Å². The fourth-order valence-electron chi connectivity index (χ4n) is 3.75. The first-order valence-electron chi connectivity index (χ1n) is 10.1. The number of carbonyl (C=O) groups is 2. The van der Waals surface area contributed by atoms with Gasteiger partial charge in [0.1, 0.15) is 0 Å². The first kappa shape index (κ1) is 23.9. The molecule has 0 saturated heterocycles. The number of carbonyl (C=O) groups excluding carboxylic acids is 2. The number of benzene rings is 2. The lowest BCUT2D eigenvalue weighted by Crippen LogP contribution is -2.38. The largest absolute Gasteiger partial charge is 0.460 e. The molecule has 1 aliphatic rings. The molecule has 1 unspecified atom stereocenters. The maximum absolute atomic E-state index is 13.0. The maximum Gasteiger partial charge on any atom is 0.416 e. The molecule has 2 aromatic carbocycles. The molecule has 0 saturated carbocycles. The van der Waals surface area contributed by atoms with Crippen LogP contribution in [0.25, 0.3) is 0 Å². The number of esters is 1. The molecule has 170 valence electrons. The second-order valence-corrected chi connectivity index (χ2v) is 8.38. The van der Waals surface area contributed by atoms with Crippen molar-refractivity contribution in [2.75, 3.05) is 0 Å². The lowest BCUT2D eigenvalue weighted by atomic mass is 9.83. The van der Waals surface area contributed by atoms with Crippen LogP contribution in [0, 0.1) is 0 Å². The first-order chi connectivity index (χ1) is 15.0. The van der Waals surface area contributed by atoms with Crippen LogP contribution in [0.4, 0.5) is 13.2 Å². The zero-order valence-corrected chi connectivity index (χ0v) is 18.6. The number of alkyl halides is 3. The van der Waals surface area contributed by atoms with E-state index in [0.717, 1.165) is 17.7 Å². The lowest BCUT2D eigenvalue weighted by molar-refractivity contribution is -0.144. The SMILES string of the molecule is CC1=C(C(=O)OC(C)C)C(c2ccc(C(F)(F)F)cc2)CC(=O)N1Cc1cccc(Cl)c1. The van der Waals surface area contributed by atoms with Crippen molar-refractivity contribution < 1.29 is 27.5 Å². The third-order valence-electron chi connectivity index (χ3n) is 5.26. The highest BCUT2D eigenvalue weighted by atomic mass is 35.5. The first-order valence-corrected chi connectivity index (χ1v) is 10.5. The van der Waals surface area contributed by atoms with E-state index in [-0.39, 0.29) is 24.4 Å². The molecule has 0 aromatic heterocycles. The normalized spacial score (nSPS) is 17.2. The highest BCUT2D eigenvalue weighted by Crippen LogP contribution is 2.39. The van der Waals surface area contributed by atoms with Gasteiger partial charge in [0.2, 0.25) is 5.91 Å². The van der Waals surface area contributed by atoms with E-state index in [1.165, 1.54) is 17.0 Å². The molecule has 1 amide bonds. The monoisotopic (exact) mass is 465 g/mol. The van der Waals surface area contributed by atoms with Crippen molar-refractivity contribution in [3.05, 3.63) is 81.5 Å². The molecule has 0 aliphatic carbocycles. The zero-order chi connectivity index (χ0) is 23.6. The third kappa shape index (κ3) is 5.33. The second kappa shape index (κ2) is 9.36. The van der Waals surface area contributed by atoms with Crippen LogP contribution in [0.15, 0.2) is 59.8 Å². The molecule has 0 fully saturated rings. The van der Waals surface area contributed by atoms with Crippen molar-refractivity contribution in [3.8, 4) is 0 Å². The Morgan fingerprint density at radius 3 is 2.41 bits per heavy atom. The van der Waals surface area contributed by atoms with E-state index in [9.17, 15) is 22.8 Å². The summed E-state index contributed by atoms with van der Waals surface area (Å²) in [5.41, 5.74) is 1.12. The number of hydrogen-bond acceptors (Lipinski definition) is 3. The van der Waals surface area contributed by atoms with Gasteiger partial charge >= 0.3 is 12.1 Å². The van der Waals surface area contributed by atoms with Gasteiger partial charge in [-0.1, -0.05) is 35.9 Å². The van der Waals surface area contributed by atoms with E-state index >= 15 is 0 Å². The van der Waals surface area contributed by atoms with Crippen molar-refractivity contribution in [2.45, 2.75) is 51.9 Å². The summed E-state index contributed by atoms with van der Waals surface area (Å²) in [4.78, 5) is 27.5. The number of nitrogens with zero attached hydrogens (tertiary/aromatic N) is 1. The number of amides is 1. The van der Waals surface area contributed by atoms with Gasteiger partial charge in [0.25, 0.3) is 0 Å². The molecule has 8 heteroatoms. The topological polar surface area (TPSA) is 46.6 Å². The van der Waals surface area contributed by atoms with E-state index in [4.69, 9.17) is 16.3 Å². The Balaban J connectivity index is 2.02. The van der Waals surface area contributed by atoms with Crippen LogP contribution in [0.1, 0.15) is 49.8 Å². The fraction of sp³-hybridized carbons (Fsp3) is 0.333. The fourth-order valence-corrected chi connectivity index (χ4v) is 3.97. The Morgan fingerprint density at radius 1 is 1.19 bits per heavy atom. The van der Waals surface area contributed by atoms with Crippen molar-refractivity contribution >= 4 is 23.5 Å². The van der Waals surface area contributed by atoms with Gasteiger partial charge in [-0.05, 0) is 56.2 Å². The molecule has 1 aliphatic heterocycles. The minimum atomic E-state index is -4.47. The van der Waals surface area contributed by atoms with E-state index in [0.29, 0.717) is 16.3 Å². The highest BCUT2D eigenvalue weighted by Gasteiger charge is 2.38. The van der Waals surface area contributed by atoms with Gasteiger partial charge in [0.05, 0.1) is 23.8 Å². The van der Waals surface area contributed by atoms with Crippen LogP contribution < -0.4 is 0 Å². The minimum absolute atomic E-state index is 0.0637. The van der Waals surface area contributed by atoms with Crippen molar-refractivity contribution in [3.63, 3.8) is 0 Å². The second-order valence-electron chi connectivity index (χ2n) is 7.94. The maximum atomic E-state index is 13.0. The molecular formula is C24H23ClF3NO3. The molecule has 0 radical (unpaired) electrons. The van der Waals surface area contributed by atoms with Crippen LogP contribution >= 0.6 is 11.6 Å². The predicted octanol–water partition coefficient (Wildman–Crippen LogP) is 6.10. The average molecular weight is 466 g/mol. The number of halogens is 4. The van der Waals surface area contributed by atoms with Gasteiger partial charge in [-0.15, -0.1) is 0 Å². The Bertz CT molecular complexity index is 1050. The molecule has 1 heterocycles. The number of allylic oxidation sites excluding steroid dienone is 1. The van der Waals surface area contributed by atoms with Gasteiger partial charge in [0, 0.05) is 23.1 Å². The van der Waals surface area contributed by atoms with Gasteiger partial charge in [0.15, 0.2) is 0 Å². The summed E-state index contributed by atoms with van der Waals surface area (Å²) < 4.78 is 44.3. The van der Waals surface area contributed by atoms with Crippen molar-refractivity contribution in [2.24, 2.45) is 0 Å². The van der Waals surface area contributed by atoms with Gasteiger partial charge in [-0.25, -0.2) is 4.79 Å². The predicted molar refractivity (Wildman–Crippen MR) is 115 cm³/mol.